The molecule has 18 heavy (non-hydrogen) atoms. The molecule has 0 bridgehead atoms. The van der Waals surface area contributed by atoms with Gasteiger partial charge in [0.15, 0.2) is 0 Å². The average molecular weight is 244 g/mol. The highest BCUT2D eigenvalue weighted by Gasteiger charge is 2.07. The number of rotatable bonds is 3. The summed E-state index contributed by atoms with van der Waals surface area (Å²) in [6.45, 7) is 4.28. The van der Waals surface area contributed by atoms with Crippen LogP contribution in [0.2, 0.25) is 0 Å². The molecule has 2 rings (SSSR count). The van der Waals surface area contributed by atoms with Crippen LogP contribution in [0.4, 0.5) is 4.39 Å². The molecule has 0 aliphatic carbocycles. The molecule has 0 amide bonds. The fourth-order valence-electron chi connectivity index (χ4n) is 1.90. The van der Waals surface area contributed by atoms with Crippen molar-refractivity contribution in [2.75, 3.05) is 7.11 Å². The Labute approximate surface area is 107 Å². The molecule has 0 aliphatic rings. The summed E-state index contributed by atoms with van der Waals surface area (Å²) in [6, 6.07) is 12.9. The average Bonchev–Trinajstić information content (AvgIpc) is 2.38. The Morgan fingerprint density at radius 2 is 1.67 bits per heavy atom. The van der Waals surface area contributed by atoms with Gasteiger partial charge in [0.1, 0.15) is 11.6 Å². The molecule has 0 radical (unpaired) electrons. The minimum absolute atomic E-state index is 0.258. The smallest absolute Gasteiger partial charge is 0.134 e. The standard InChI is InChI=1S/C16H17FO/c1-11(2)12-4-6-13(7-5-12)15-9-8-14(18-3)10-16(15)17/h4-11H,1-3H3. The molecule has 0 saturated heterocycles. The van der Waals surface area contributed by atoms with Gasteiger partial charge in [-0.15, -0.1) is 0 Å². The molecule has 2 aromatic rings. The van der Waals surface area contributed by atoms with Crippen molar-refractivity contribution in [1.29, 1.82) is 0 Å². The molecule has 0 saturated carbocycles. The largest absolute Gasteiger partial charge is 0.497 e. The van der Waals surface area contributed by atoms with Gasteiger partial charge in [-0.05, 0) is 29.2 Å². The van der Waals surface area contributed by atoms with Gasteiger partial charge in [0, 0.05) is 11.6 Å². The van der Waals surface area contributed by atoms with Crippen molar-refractivity contribution in [3.05, 3.63) is 53.8 Å². The van der Waals surface area contributed by atoms with Crippen LogP contribution in [0.3, 0.4) is 0 Å². The van der Waals surface area contributed by atoms with Gasteiger partial charge in [-0.25, -0.2) is 4.39 Å². The zero-order chi connectivity index (χ0) is 13.1. The van der Waals surface area contributed by atoms with Gasteiger partial charge in [0.25, 0.3) is 0 Å². The third kappa shape index (κ3) is 2.53. The normalized spacial score (nSPS) is 10.7. The fourth-order valence-corrected chi connectivity index (χ4v) is 1.90. The van der Waals surface area contributed by atoms with E-state index >= 15 is 0 Å². The maximum atomic E-state index is 13.9. The summed E-state index contributed by atoms with van der Waals surface area (Å²) in [7, 11) is 1.53. The third-order valence-corrected chi connectivity index (χ3v) is 3.06. The minimum atomic E-state index is -0.258. The van der Waals surface area contributed by atoms with Crippen LogP contribution in [-0.4, -0.2) is 7.11 Å². The molecule has 2 heteroatoms. The topological polar surface area (TPSA) is 9.23 Å². The Hall–Kier alpha value is -1.83. The summed E-state index contributed by atoms with van der Waals surface area (Å²) in [5.41, 5.74) is 2.75. The lowest BCUT2D eigenvalue weighted by atomic mass is 9.98. The predicted molar refractivity (Wildman–Crippen MR) is 72.5 cm³/mol. The second-order valence-corrected chi connectivity index (χ2v) is 4.62. The zero-order valence-corrected chi connectivity index (χ0v) is 10.9. The van der Waals surface area contributed by atoms with E-state index in [1.807, 2.05) is 24.3 Å². The highest BCUT2D eigenvalue weighted by atomic mass is 19.1. The summed E-state index contributed by atoms with van der Waals surface area (Å²) in [5, 5.41) is 0. The van der Waals surface area contributed by atoms with Crippen LogP contribution < -0.4 is 4.74 Å². The van der Waals surface area contributed by atoms with Crippen LogP contribution in [0, 0.1) is 5.82 Å². The van der Waals surface area contributed by atoms with E-state index in [1.54, 1.807) is 12.1 Å². The van der Waals surface area contributed by atoms with Gasteiger partial charge in [0.2, 0.25) is 0 Å². The Bertz CT molecular complexity index is 529. The van der Waals surface area contributed by atoms with Crippen molar-refractivity contribution < 1.29 is 9.13 Å². The monoisotopic (exact) mass is 244 g/mol. The number of benzene rings is 2. The summed E-state index contributed by atoms with van der Waals surface area (Å²) < 4.78 is 18.9. The van der Waals surface area contributed by atoms with Gasteiger partial charge in [-0.2, -0.15) is 0 Å². The number of hydrogen-bond acceptors (Lipinski definition) is 1. The number of methoxy groups -OCH3 is 1. The van der Waals surface area contributed by atoms with E-state index in [2.05, 4.69) is 13.8 Å². The van der Waals surface area contributed by atoms with Crippen LogP contribution >= 0.6 is 0 Å². The predicted octanol–water partition coefficient (Wildman–Crippen LogP) is 4.62. The maximum absolute atomic E-state index is 13.9. The fraction of sp³-hybridized carbons (Fsp3) is 0.250. The van der Waals surface area contributed by atoms with Crippen molar-refractivity contribution >= 4 is 0 Å². The first-order valence-corrected chi connectivity index (χ1v) is 6.05. The lowest BCUT2D eigenvalue weighted by molar-refractivity contribution is 0.411. The van der Waals surface area contributed by atoms with Crippen molar-refractivity contribution in [1.82, 2.24) is 0 Å². The molecule has 0 N–H and O–H groups in total. The molecule has 2 aromatic carbocycles. The summed E-state index contributed by atoms with van der Waals surface area (Å²) in [4.78, 5) is 0. The molecule has 94 valence electrons. The molecular formula is C16H17FO. The quantitative estimate of drug-likeness (QED) is 0.765. The zero-order valence-electron chi connectivity index (χ0n) is 10.9. The van der Waals surface area contributed by atoms with E-state index in [1.165, 1.54) is 18.7 Å². The number of hydrogen-bond donors (Lipinski definition) is 0. The van der Waals surface area contributed by atoms with E-state index in [4.69, 9.17) is 4.74 Å². The van der Waals surface area contributed by atoms with Gasteiger partial charge in [0.05, 0.1) is 7.11 Å². The van der Waals surface area contributed by atoms with Crippen molar-refractivity contribution in [2.24, 2.45) is 0 Å². The van der Waals surface area contributed by atoms with E-state index in [-0.39, 0.29) is 5.82 Å². The van der Waals surface area contributed by atoms with Crippen molar-refractivity contribution in [3.63, 3.8) is 0 Å². The van der Waals surface area contributed by atoms with Gasteiger partial charge in [-0.1, -0.05) is 38.1 Å². The van der Waals surface area contributed by atoms with E-state index in [9.17, 15) is 4.39 Å². The molecule has 0 aliphatic heterocycles. The second-order valence-electron chi connectivity index (χ2n) is 4.62. The molecule has 0 fully saturated rings. The van der Waals surface area contributed by atoms with Crippen LogP contribution in [-0.2, 0) is 0 Å². The Balaban J connectivity index is 2.36. The molecule has 0 atom stereocenters. The van der Waals surface area contributed by atoms with E-state index < -0.39 is 0 Å². The Morgan fingerprint density at radius 3 is 2.17 bits per heavy atom. The lowest BCUT2D eigenvalue weighted by Gasteiger charge is -2.08. The van der Waals surface area contributed by atoms with Crippen LogP contribution in [0.15, 0.2) is 42.5 Å². The number of halogens is 1. The molecule has 0 aromatic heterocycles. The van der Waals surface area contributed by atoms with Crippen LogP contribution in [0.25, 0.3) is 11.1 Å². The first-order valence-electron chi connectivity index (χ1n) is 6.05. The Morgan fingerprint density at radius 1 is 1.00 bits per heavy atom. The van der Waals surface area contributed by atoms with Crippen molar-refractivity contribution in [3.8, 4) is 16.9 Å². The molecule has 0 unspecified atom stereocenters. The highest BCUT2D eigenvalue weighted by Crippen LogP contribution is 2.27. The second kappa shape index (κ2) is 5.21. The first-order chi connectivity index (χ1) is 8.61. The van der Waals surface area contributed by atoms with Crippen molar-refractivity contribution in [2.45, 2.75) is 19.8 Å². The molecule has 0 heterocycles. The molecule has 0 spiro atoms. The molecular weight excluding hydrogens is 227 g/mol. The minimum Gasteiger partial charge on any atom is -0.497 e. The summed E-state index contributed by atoms with van der Waals surface area (Å²) in [6.07, 6.45) is 0. The summed E-state index contributed by atoms with van der Waals surface area (Å²) in [5.74, 6) is 0.765. The highest BCUT2D eigenvalue weighted by molar-refractivity contribution is 5.65. The number of ether oxygens (including phenoxy) is 1. The third-order valence-electron chi connectivity index (χ3n) is 3.06. The van der Waals surface area contributed by atoms with E-state index in [0.717, 1.165) is 5.56 Å². The van der Waals surface area contributed by atoms with Gasteiger partial charge in [-0.3, -0.25) is 0 Å². The molecule has 1 nitrogen and oxygen atoms in total. The maximum Gasteiger partial charge on any atom is 0.134 e. The lowest BCUT2D eigenvalue weighted by Crippen LogP contribution is -1.90. The van der Waals surface area contributed by atoms with E-state index in [0.29, 0.717) is 17.2 Å². The SMILES string of the molecule is COc1ccc(-c2ccc(C(C)C)cc2)c(F)c1. The van der Waals surface area contributed by atoms with Gasteiger partial charge >= 0.3 is 0 Å². The summed E-state index contributed by atoms with van der Waals surface area (Å²) >= 11 is 0. The first kappa shape index (κ1) is 12.6. The Kier molecular flexibility index (Phi) is 3.66. The van der Waals surface area contributed by atoms with Crippen LogP contribution in [0.1, 0.15) is 25.3 Å². The van der Waals surface area contributed by atoms with Gasteiger partial charge < -0.3 is 4.74 Å². The van der Waals surface area contributed by atoms with Crippen LogP contribution in [0.5, 0.6) is 5.75 Å².